The van der Waals surface area contributed by atoms with Crippen molar-refractivity contribution < 1.29 is 14.3 Å². The molecule has 1 fully saturated rings. The molecule has 128 valence electrons. The van der Waals surface area contributed by atoms with E-state index >= 15 is 0 Å². The van der Waals surface area contributed by atoms with Gasteiger partial charge in [-0.15, -0.1) is 0 Å². The second-order valence-electron chi connectivity index (χ2n) is 5.62. The van der Waals surface area contributed by atoms with Gasteiger partial charge in [0.15, 0.2) is 5.16 Å². The molecule has 0 unspecified atom stereocenters. The summed E-state index contributed by atoms with van der Waals surface area (Å²) in [5.41, 5.74) is 0.425. The van der Waals surface area contributed by atoms with Crippen molar-refractivity contribution in [2.75, 3.05) is 30.3 Å². The second-order valence-corrected chi connectivity index (χ2v) is 6.68. The Hall–Kier alpha value is -1.34. The van der Waals surface area contributed by atoms with Gasteiger partial charge in [-0.2, -0.15) is 0 Å². The fraction of sp³-hybridized carbons (Fsp3) is 0.688. The van der Waals surface area contributed by atoms with Gasteiger partial charge in [-0.05, 0) is 27.2 Å². The average Bonchev–Trinajstić information content (AvgIpc) is 2.52. The molecule has 0 spiro atoms. The number of nitrogens with zero attached hydrogens (tertiary/aromatic N) is 3. The molecular formula is C16H25N3O3S. The Morgan fingerprint density at radius 3 is 2.70 bits per heavy atom. The van der Waals surface area contributed by atoms with Crippen molar-refractivity contribution in [3.05, 3.63) is 11.8 Å². The van der Waals surface area contributed by atoms with E-state index in [1.54, 1.807) is 24.9 Å². The molecule has 2 atom stereocenters. The van der Waals surface area contributed by atoms with Crippen molar-refractivity contribution in [1.29, 1.82) is 0 Å². The number of rotatable bonds is 6. The summed E-state index contributed by atoms with van der Waals surface area (Å²) in [5.74, 6) is 1.23. The van der Waals surface area contributed by atoms with Crippen LogP contribution in [0.4, 0.5) is 5.82 Å². The molecule has 1 aromatic heterocycles. The Morgan fingerprint density at radius 1 is 1.39 bits per heavy atom. The van der Waals surface area contributed by atoms with Crippen LogP contribution in [0.1, 0.15) is 44.5 Å². The van der Waals surface area contributed by atoms with Gasteiger partial charge in [-0.1, -0.05) is 18.7 Å². The van der Waals surface area contributed by atoms with E-state index in [0.717, 1.165) is 12.2 Å². The number of anilines is 1. The Labute approximate surface area is 142 Å². The fourth-order valence-corrected chi connectivity index (χ4v) is 3.23. The van der Waals surface area contributed by atoms with Gasteiger partial charge in [-0.25, -0.2) is 14.8 Å². The number of aromatic nitrogens is 2. The summed E-state index contributed by atoms with van der Waals surface area (Å²) in [4.78, 5) is 23.3. The van der Waals surface area contributed by atoms with Crippen LogP contribution in [0.3, 0.4) is 0 Å². The minimum Gasteiger partial charge on any atom is -0.462 e. The molecule has 0 bridgehead atoms. The topological polar surface area (TPSA) is 64.5 Å². The van der Waals surface area contributed by atoms with E-state index in [9.17, 15) is 4.79 Å². The molecular weight excluding hydrogens is 314 g/mol. The van der Waals surface area contributed by atoms with Crippen molar-refractivity contribution in [3.8, 4) is 0 Å². The van der Waals surface area contributed by atoms with E-state index in [1.807, 2.05) is 13.8 Å². The zero-order valence-corrected chi connectivity index (χ0v) is 15.1. The summed E-state index contributed by atoms with van der Waals surface area (Å²) in [6.07, 6.45) is 2.82. The number of carbonyl (C=O) groups is 1. The predicted octanol–water partition coefficient (Wildman–Crippen LogP) is 2.77. The van der Waals surface area contributed by atoms with E-state index < -0.39 is 0 Å². The van der Waals surface area contributed by atoms with Crippen LogP contribution in [0.15, 0.2) is 11.4 Å². The molecule has 0 aliphatic carbocycles. The number of carbonyl (C=O) groups excluding carboxylic acids is 1. The fourth-order valence-electron chi connectivity index (χ4n) is 2.56. The molecule has 2 rings (SSSR count). The third kappa shape index (κ3) is 4.81. The van der Waals surface area contributed by atoms with Crippen molar-refractivity contribution in [2.24, 2.45) is 0 Å². The van der Waals surface area contributed by atoms with Crippen LogP contribution < -0.4 is 4.90 Å². The summed E-state index contributed by atoms with van der Waals surface area (Å²) < 4.78 is 10.9. The maximum Gasteiger partial charge on any atom is 0.343 e. The summed E-state index contributed by atoms with van der Waals surface area (Å²) >= 11 is 1.60. The van der Waals surface area contributed by atoms with Gasteiger partial charge in [0.2, 0.25) is 0 Å². The van der Waals surface area contributed by atoms with Crippen LogP contribution >= 0.6 is 11.8 Å². The first kappa shape index (κ1) is 18.0. The van der Waals surface area contributed by atoms with Gasteiger partial charge >= 0.3 is 5.97 Å². The lowest BCUT2D eigenvalue weighted by atomic mass is 10.2. The smallest absolute Gasteiger partial charge is 0.343 e. The highest BCUT2D eigenvalue weighted by molar-refractivity contribution is 7.99. The van der Waals surface area contributed by atoms with E-state index in [-0.39, 0.29) is 18.2 Å². The zero-order chi connectivity index (χ0) is 16.8. The first-order valence-electron chi connectivity index (χ1n) is 8.12. The summed E-state index contributed by atoms with van der Waals surface area (Å²) in [7, 11) is 0. The third-order valence-corrected chi connectivity index (χ3v) is 4.46. The van der Waals surface area contributed by atoms with Gasteiger partial charge < -0.3 is 14.4 Å². The van der Waals surface area contributed by atoms with Crippen LogP contribution in [0.25, 0.3) is 0 Å². The average molecular weight is 339 g/mol. The third-order valence-electron chi connectivity index (χ3n) is 3.40. The largest absolute Gasteiger partial charge is 0.462 e. The first-order valence-corrected chi connectivity index (χ1v) is 9.11. The normalized spacial score (nSPS) is 21.3. The van der Waals surface area contributed by atoms with E-state index in [2.05, 4.69) is 21.8 Å². The minimum atomic E-state index is -0.374. The maximum atomic E-state index is 12.2. The van der Waals surface area contributed by atoms with Gasteiger partial charge in [0.1, 0.15) is 11.4 Å². The number of ether oxygens (including phenoxy) is 2. The van der Waals surface area contributed by atoms with Crippen molar-refractivity contribution in [3.63, 3.8) is 0 Å². The predicted molar refractivity (Wildman–Crippen MR) is 91.2 cm³/mol. The van der Waals surface area contributed by atoms with Crippen LogP contribution in [0.5, 0.6) is 0 Å². The number of esters is 1. The van der Waals surface area contributed by atoms with Crippen molar-refractivity contribution in [1.82, 2.24) is 9.97 Å². The molecule has 1 saturated heterocycles. The quantitative estimate of drug-likeness (QED) is 0.448. The zero-order valence-electron chi connectivity index (χ0n) is 14.2. The van der Waals surface area contributed by atoms with Gasteiger partial charge in [0.25, 0.3) is 0 Å². The van der Waals surface area contributed by atoms with E-state index in [0.29, 0.717) is 36.2 Å². The van der Waals surface area contributed by atoms with Crippen molar-refractivity contribution >= 4 is 23.5 Å². The van der Waals surface area contributed by atoms with E-state index in [4.69, 9.17) is 9.47 Å². The molecule has 0 aromatic carbocycles. The Morgan fingerprint density at radius 2 is 2.09 bits per heavy atom. The molecule has 7 heteroatoms. The highest BCUT2D eigenvalue weighted by atomic mass is 32.2. The number of thioether (sulfide) groups is 1. The van der Waals surface area contributed by atoms with Crippen molar-refractivity contribution in [2.45, 2.75) is 51.5 Å². The minimum absolute atomic E-state index is 0.0931. The summed E-state index contributed by atoms with van der Waals surface area (Å²) in [6, 6.07) is 0. The van der Waals surface area contributed by atoms with Gasteiger partial charge in [0.05, 0.1) is 18.8 Å². The Kier molecular flexibility index (Phi) is 6.65. The maximum absolute atomic E-state index is 12.2. The molecule has 1 aromatic rings. The first-order chi connectivity index (χ1) is 11.0. The molecule has 1 aliphatic heterocycles. The summed E-state index contributed by atoms with van der Waals surface area (Å²) in [6.45, 7) is 9.70. The van der Waals surface area contributed by atoms with Crippen LogP contribution in [0.2, 0.25) is 0 Å². The highest BCUT2D eigenvalue weighted by Crippen LogP contribution is 2.25. The molecule has 1 aliphatic rings. The number of hydrogen-bond acceptors (Lipinski definition) is 7. The van der Waals surface area contributed by atoms with Gasteiger partial charge in [0, 0.05) is 25.0 Å². The molecule has 6 nitrogen and oxygen atoms in total. The lowest BCUT2D eigenvalue weighted by molar-refractivity contribution is -0.00564. The standard InChI is InChI=1S/C16H25N3O3S/c1-5-7-23-16-17-8-13(15(20)21-6-2)14(18-16)19-9-11(3)22-12(4)10-19/h8,11-12H,5-7,9-10H2,1-4H3/t11-,12+. The molecule has 0 radical (unpaired) electrons. The number of hydrogen-bond donors (Lipinski definition) is 0. The lowest BCUT2D eigenvalue weighted by Gasteiger charge is -2.36. The van der Waals surface area contributed by atoms with Crippen LogP contribution in [-0.4, -0.2) is 53.6 Å². The van der Waals surface area contributed by atoms with Gasteiger partial charge in [-0.3, -0.25) is 0 Å². The van der Waals surface area contributed by atoms with Crippen LogP contribution in [-0.2, 0) is 9.47 Å². The number of morpholine rings is 1. The molecule has 2 heterocycles. The molecule has 0 N–H and O–H groups in total. The molecule has 0 amide bonds. The van der Waals surface area contributed by atoms with Crippen LogP contribution in [0, 0.1) is 0 Å². The Bertz CT molecular complexity index is 531. The SMILES string of the molecule is CCCSc1ncc(C(=O)OCC)c(N2C[C@@H](C)O[C@@H](C)C2)n1. The van der Waals surface area contributed by atoms with E-state index in [1.165, 1.54) is 0 Å². The summed E-state index contributed by atoms with van der Waals surface area (Å²) in [5, 5.41) is 0.696. The molecule has 23 heavy (non-hydrogen) atoms. The monoisotopic (exact) mass is 339 g/mol. The highest BCUT2D eigenvalue weighted by Gasteiger charge is 2.28. The Balaban J connectivity index is 2.32. The second kappa shape index (κ2) is 8.49. The molecule has 0 saturated carbocycles. The lowest BCUT2D eigenvalue weighted by Crippen LogP contribution is -2.46.